The zero-order valence-corrected chi connectivity index (χ0v) is 11.5. The molecule has 102 valence electrons. The van der Waals surface area contributed by atoms with E-state index >= 15 is 0 Å². The molecule has 0 N–H and O–H groups in total. The molecule has 0 saturated heterocycles. The minimum Gasteiger partial charge on any atom is -0.353 e. The molecule has 0 atom stereocenters. The van der Waals surface area contributed by atoms with Gasteiger partial charge in [-0.05, 0) is 24.1 Å². The number of benzene rings is 1. The quantitative estimate of drug-likeness (QED) is 0.857. The minimum absolute atomic E-state index is 0.293. The Morgan fingerprint density at radius 3 is 2.55 bits per heavy atom. The van der Waals surface area contributed by atoms with Crippen LogP contribution in [0, 0.1) is 17.1 Å². The van der Waals surface area contributed by atoms with Gasteiger partial charge in [-0.1, -0.05) is 19.1 Å². The van der Waals surface area contributed by atoms with Crippen molar-refractivity contribution < 1.29 is 4.39 Å². The summed E-state index contributed by atoms with van der Waals surface area (Å²) in [6, 6.07) is 9.28. The van der Waals surface area contributed by atoms with E-state index in [9.17, 15) is 4.39 Å². The molecular formula is C15H15FN4. The van der Waals surface area contributed by atoms with Crippen LogP contribution in [0.4, 0.5) is 10.2 Å². The monoisotopic (exact) mass is 270 g/mol. The first-order chi connectivity index (χ1) is 9.65. The molecule has 0 unspecified atom stereocenters. The summed E-state index contributed by atoms with van der Waals surface area (Å²) in [5.41, 5.74) is 2.02. The van der Waals surface area contributed by atoms with Gasteiger partial charge in [0.05, 0.1) is 17.3 Å². The molecule has 0 amide bonds. The Bertz CT molecular complexity index is 631. The van der Waals surface area contributed by atoms with Gasteiger partial charge in [0.2, 0.25) is 0 Å². The lowest BCUT2D eigenvalue weighted by atomic mass is 10.1. The number of hydrogen-bond donors (Lipinski definition) is 0. The average Bonchev–Trinajstić information content (AvgIpc) is 2.48. The van der Waals surface area contributed by atoms with Gasteiger partial charge in [0.15, 0.2) is 11.6 Å². The summed E-state index contributed by atoms with van der Waals surface area (Å²) >= 11 is 0. The summed E-state index contributed by atoms with van der Waals surface area (Å²) in [4.78, 5) is 9.66. The predicted octanol–water partition coefficient (Wildman–Crippen LogP) is 2.69. The number of rotatable bonds is 4. The number of nitriles is 1. The third-order valence-corrected chi connectivity index (χ3v) is 3.04. The van der Waals surface area contributed by atoms with E-state index in [-0.39, 0.29) is 5.82 Å². The van der Waals surface area contributed by atoms with Crippen molar-refractivity contribution in [2.24, 2.45) is 0 Å². The molecule has 4 nitrogen and oxygen atoms in total. The van der Waals surface area contributed by atoms with Crippen LogP contribution in [-0.2, 0) is 13.0 Å². The highest BCUT2D eigenvalue weighted by Crippen LogP contribution is 2.19. The van der Waals surface area contributed by atoms with Crippen molar-refractivity contribution >= 4 is 5.82 Å². The Morgan fingerprint density at radius 1 is 1.25 bits per heavy atom. The maximum absolute atomic E-state index is 14.1. The number of aryl methyl sites for hydroxylation is 1. The fourth-order valence-electron chi connectivity index (χ4n) is 1.94. The van der Waals surface area contributed by atoms with Crippen molar-refractivity contribution in [1.29, 1.82) is 5.26 Å². The number of anilines is 1. The molecule has 0 bridgehead atoms. The molecule has 0 spiro atoms. The molecule has 0 aliphatic carbocycles. The lowest BCUT2D eigenvalue weighted by Crippen LogP contribution is -2.20. The van der Waals surface area contributed by atoms with Crippen molar-refractivity contribution in [1.82, 2.24) is 9.97 Å². The van der Waals surface area contributed by atoms with Crippen molar-refractivity contribution in [2.75, 3.05) is 11.9 Å². The molecule has 0 fully saturated rings. The highest BCUT2D eigenvalue weighted by atomic mass is 19.1. The fraction of sp³-hybridized carbons (Fsp3) is 0.267. The van der Waals surface area contributed by atoms with E-state index in [2.05, 4.69) is 16.0 Å². The van der Waals surface area contributed by atoms with Crippen molar-refractivity contribution in [3.05, 3.63) is 53.2 Å². The standard InChI is InChI=1S/C15H15FN4/c1-3-13-14(16)15(19-10-18-13)20(2)9-12-6-4-11(8-17)5-7-12/h4-7,10H,3,9H2,1-2H3. The van der Waals surface area contributed by atoms with E-state index in [1.165, 1.54) is 6.33 Å². The van der Waals surface area contributed by atoms with E-state index in [1.807, 2.05) is 19.1 Å². The highest BCUT2D eigenvalue weighted by Gasteiger charge is 2.13. The van der Waals surface area contributed by atoms with Gasteiger partial charge in [0, 0.05) is 13.6 Å². The highest BCUT2D eigenvalue weighted by molar-refractivity contribution is 5.41. The molecule has 1 heterocycles. The second-order valence-electron chi connectivity index (χ2n) is 4.48. The summed E-state index contributed by atoms with van der Waals surface area (Å²) in [7, 11) is 1.78. The lowest BCUT2D eigenvalue weighted by Gasteiger charge is -2.19. The largest absolute Gasteiger partial charge is 0.353 e. The molecule has 20 heavy (non-hydrogen) atoms. The first kappa shape index (κ1) is 13.9. The van der Waals surface area contributed by atoms with Crippen LogP contribution in [0.2, 0.25) is 0 Å². The number of nitrogens with zero attached hydrogens (tertiary/aromatic N) is 4. The van der Waals surface area contributed by atoms with Crippen molar-refractivity contribution in [2.45, 2.75) is 19.9 Å². The van der Waals surface area contributed by atoms with Gasteiger partial charge < -0.3 is 4.90 Å². The van der Waals surface area contributed by atoms with E-state index in [1.54, 1.807) is 24.1 Å². The van der Waals surface area contributed by atoms with Crippen LogP contribution >= 0.6 is 0 Å². The van der Waals surface area contributed by atoms with E-state index < -0.39 is 0 Å². The van der Waals surface area contributed by atoms with Gasteiger partial charge in [-0.2, -0.15) is 5.26 Å². The van der Waals surface area contributed by atoms with Crippen LogP contribution in [-0.4, -0.2) is 17.0 Å². The first-order valence-corrected chi connectivity index (χ1v) is 6.35. The van der Waals surface area contributed by atoms with Gasteiger partial charge in [-0.3, -0.25) is 0 Å². The van der Waals surface area contributed by atoms with E-state index in [4.69, 9.17) is 5.26 Å². The van der Waals surface area contributed by atoms with Crippen molar-refractivity contribution in [3.63, 3.8) is 0 Å². The van der Waals surface area contributed by atoms with Gasteiger partial charge in [-0.15, -0.1) is 0 Å². The van der Waals surface area contributed by atoms with Crippen molar-refractivity contribution in [3.8, 4) is 6.07 Å². The van der Waals surface area contributed by atoms with Crippen LogP contribution in [0.25, 0.3) is 0 Å². The Labute approximate surface area is 117 Å². The SMILES string of the molecule is CCc1ncnc(N(C)Cc2ccc(C#N)cc2)c1F. The Morgan fingerprint density at radius 2 is 1.95 bits per heavy atom. The van der Waals surface area contributed by atoms with Crippen LogP contribution in [0.1, 0.15) is 23.7 Å². The number of halogens is 1. The second-order valence-corrected chi connectivity index (χ2v) is 4.48. The summed E-state index contributed by atoms with van der Waals surface area (Å²) in [6.45, 7) is 2.37. The normalized spacial score (nSPS) is 10.1. The van der Waals surface area contributed by atoms with Crippen LogP contribution in [0.5, 0.6) is 0 Å². The van der Waals surface area contributed by atoms with E-state index in [0.29, 0.717) is 30.0 Å². The fourth-order valence-corrected chi connectivity index (χ4v) is 1.94. The third-order valence-electron chi connectivity index (χ3n) is 3.04. The Balaban J connectivity index is 2.19. The smallest absolute Gasteiger partial charge is 0.187 e. The molecule has 5 heteroatoms. The Kier molecular flexibility index (Phi) is 4.26. The van der Waals surface area contributed by atoms with Gasteiger partial charge in [0.1, 0.15) is 6.33 Å². The molecule has 2 aromatic rings. The predicted molar refractivity (Wildman–Crippen MR) is 74.6 cm³/mol. The van der Waals surface area contributed by atoms with E-state index in [0.717, 1.165) is 5.56 Å². The van der Waals surface area contributed by atoms with Crippen LogP contribution < -0.4 is 4.90 Å². The number of hydrogen-bond acceptors (Lipinski definition) is 4. The van der Waals surface area contributed by atoms with Gasteiger partial charge >= 0.3 is 0 Å². The number of aromatic nitrogens is 2. The average molecular weight is 270 g/mol. The molecule has 1 aromatic heterocycles. The lowest BCUT2D eigenvalue weighted by molar-refractivity contribution is 0.588. The molecule has 1 aromatic carbocycles. The van der Waals surface area contributed by atoms with Gasteiger partial charge in [-0.25, -0.2) is 14.4 Å². The zero-order chi connectivity index (χ0) is 14.5. The molecule has 0 radical (unpaired) electrons. The summed E-state index contributed by atoms with van der Waals surface area (Å²) < 4.78 is 14.1. The van der Waals surface area contributed by atoms with Crippen LogP contribution in [0.15, 0.2) is 30.6 Å². The first-order valence-electron chi connectivity index (χ1n) is 6.35. The van der Waals surface area contributed by atoms with Crippen LogP contribution in [0.3, 0.4) is 0 Å². The molecular weight excluding hydrogens is 255 g/mol. The molecule has 0 aliphatic heterocycles. The maximum Gasteiger partial charge on any atom is 0.187 e. The topological polar surface area (TPSA) is 52.8 Å². The second kappa shape index (κ2) is 6.11. The van der Waals surface area contributed by atoms with Gasteiger partial charge in [0.25, 0.3) is 0 Å². The third kappa shape index (κ3) is 2.91. The summed E-state index contributed by atoms with van der Waals surface area (Å²) in [5.74, 6) is -0.0765. The molecule has 0 saturated carbocycles. The molecule has 2 rings (SSSR count). The summed E-state index contributed by atoms with van der Waals surface area (Å²) in [6.07, 6.45) is 1.92. The zero-order valence-electron chi connectivity index (χ0n) is 11.5. The maximum atomic E-state index is 14.1. The Hall–Kier alpha value is -2.48. The molecule has 0 aliphatic rings. The minimum atomic E-state index is -0.369. The summed E-state index contributed by atoms with van der Waals surface area (Å²) in [5, 5.41) is 8.76.